The van der Waals surface area contributed by atoms with Crippen LogP contribution >= 0.6 is 23.8 Å². The average Bonchev–Trinajstić information content (AvgIpc) is 3.02. The number of thiocarbonyl (C=S) groups is 1. The van der Waals surface area contributed by atoms with Gasteiger partial charge in [0.2, 0.25) is 0 Å². The van der Waals surface area contributed by atoms with Crippen LogP contribution in [0, 0.1) is 5.82 Å². The molecule has 0 saturated carbocycles. The Morgan fingerprint density at radius 1 is 1.09 bits per heavy atom. The predicted octanol–water partition coefficient (Wildman–Crippen LogP) is 5.67. The molecule has 0 aliphatic carbocycles. The van der Waals surface area contributed by atoms with Gasteiger partial charge in [-0.05, 0) is 54.2 Å². The van der Waals surface area contributed by atoms with Crippen molar-refractivity contribution in [3.63, 3.8) is 0 Å². The third-order valence-corrected chi connectivity index (χ3v) is 5.90. The van der Waals surface area contributed by atoms with Gasteiger partial charge in [-0.1, -0.05) is 48.0 Å². The van der Waals surface area contributed by atoms with Crippen LogP contribution in [0.5, 0.6) is 11.5 Å². The number of carbonyl (C=O) groups excluding carboxylic acids is 1. The largest absolute Gasteiger partial charge is 0.493 e. The lowest BCUT2D eigenvalue weighted by atomic mass is 10.1. The predicted molar refractivity (Wildman–Crippen MR) is 131 cm³/mol. The van der Waals surface area contributed by atoms with Gasteiger partial charge >= 0.3 is 0 Å². The van der Waals surface area contributed by atoms with E-state index in [1.165, 1.54) is 18.1 Å². The van der Waals surface area contributed by atoms with Crippen LogP contribution in [-0.4, -0.2) is 30.1 Å². The Kier molecular flexibility index (Phi) is 6.62. The number of methoxy groups -OCH3 is 1. The molecule has 1 aliphatic heterocycles. The lowest BCUT2D eigenvalue weighted by Gasteiger charge is -2.16. The van der Waals surface area contributed by atoms with Crippen molar-refractivity contribution in [3.8, 4) is 11.5 Å². The van der Waals surface area contributed by atoms with Crippen molar-refractivity contribution in [2.45, 2.75) is 6.61 Å². The zero-order valence-corrected chi connectivity index (χ0v) is 19.5. The standard InChI is InChI=1S/C25H20ClFN2O3S/c1-28-21(24(30)29(25(28)33)18-9-4-3-5-10-18)13-16-12-19(26)23(22(14-16)31-2)32-15-17-8-6-7-11-20(17)27/h3-14H,15H2,1-2H3/b21-13-. The molecule has 3 aromatic rings. The van der Waals surface area contributed by atoms with E-state index in [9.17, 15) is 9.18 Å². The van der Waals surface area contributed by atoms with E-state index in [1.807, 2.05) is 30.3 Å². The van der Waals surface area contributed by atoms with Gasteiger partial charge in [-0.25, -0.2) is 4.39 Å². The summed E-state index contributed by atoms with van der Waals surface area (Å²) in [5.41, 5.74) is 2.11. The van der Waals surface area contributed by atoms with Gasteiger partial charge in [0.15, 0.2) is 16.6 Å². The highest BCUT2D eigenvalue weighted by Crippen LogP contribution is 2.38. The summed E-state index contributed by atoms with van der Waals surface area (Å²) in [5, 5.41) is 0.647. The SMILES string of the molecule is COc1cc(/C=C2/C(=O)N(c3ccccc3)C(=S)N2C)cc(Cl)c1OCc1ccccc1F. The molecule has 33 heavy (non-hydrogen) atoms. The monoisotopic (exact) mass is 482 g/mol. The van der Waals surface area contributed by atoms with E-state index in [1.54, 1.807) is 48.4 Å². The maximum absolute atomic E-state index is 13.9. The van der Waals surface area contributed by atoms with Gasteiger partial charge in [-0.15, -0.1) is 0 Å². The Balaban J connectivity index is 1.63. The average molecular weight is 483 g/mol. The number of rotatable bonds is 6. The van der Waals surface area contributed by atoms with Crippen molar-refractivity contribution in [1.29, 1.82) is 0 Å². The van der Waals surface area contributed by atoms with Gasteiger partial charge in [-0.2, -0.15) is 0 Å². The van der Waals surface area contributed by atoms with Crippen molar-refractivity contribution in [3.05, 3.63) is 94.4 Å². The summed E-state index contributed by atoms with van der Waals surface area (Å²) in [6.45, 7) is -0.00921. The second kappa shape index (κ2) is 9.60. The Bertz CT molecular complexity index is 1250. The van der Waals surface area contributed by atoms with Crippen LogP contribution in [0.2, 0.25) is 5.02 Å². The molecule has 0 spiro atoms. The van der Waals surface area contributed by atoms with Crippen LogP contribution in [0.1, 0.15) is 11.1 Å². The Labute approximate surface area is 201 Å². The number of hydrogen-bond donors (Lipinski definition) is 0. The number of nitrogens with zero attached hydrogens (tertiary/aromatic N) is 2. The summed E-state index contributed by atoms with van der Waals surface area (Å²) < 4.78 is 25.1. The Hall–Kier alpha value is -3.42. The lowest BCUT2D eigenvalue weighted by Crippen LogP contribution is -2.30. The maximum Gasteiger partial charge on any atom is 0.281 e. The van der Waals surface area contributed by atoms with E-state index in [0.29, 0.717) is 33.4 Å². The molecular weight excluding hydrogens is 463 g/mol. The minimum Gasteiger partial charge on any atom is -0.493 e. The van der Waals surface area contributed by atoms with Crippen molar-refractivity contribution >= 4 is 46.6 Å². The molecule has 4 rings (SSSR count). The van der Waals surface area contributed by atoms with Gasteiger partial charge in [0.25, 0.3) is 5.91 Å². The number of amides is 1. The molecule has 1 aliphatic rings. The molecule has 3 aromatic carbocycles. The molecule has 0 atom stereocenters. The Morgan fingerprint density at radius 3 is 2.48 bits per heavy atom. The van der Waals surface area contributed by atoms with E-state index < -0.39 is 0 Å². The van der Waals surface area contributed by atoms with E-state index in [2.05, 4.69) is 0 Å². The summed E-state index contributed by atoms with van der Waals surface area (Å²) in [6.07, 6.45) is 1.69. The molecule has 0 aromatic heterocycles. The second-order valence-corrected chi connectivity index (χ2v) is 8.03. The molecule has 1 saturated heterocycles. The van der Waals surface area contributed by atoms with Gasteiger partial charge in [0.1, 0.15) is 18.1 Å². The summed E-state index contributed by atoms with van der Waals surface area (Å²) in [5.74, 6) is 0.0396. The fourth-order valence-electron chi connectivity index (χ4n) is 3.45. The first kappa shape index (κ1) is 22.8. The smallest absolute Gasteiger partial charge is 0.281 e. The molecule has 0 N–H and O–H groups in total. The number of likely N-dealkylation sites (N-methyl/N-ethyl adjacent to an activating group) is 1. The van der Waals surface area contributed by atoms with Crippen molar-refractivity contribution in [2.75, 3.05) is 19.1 Å². The van der Waals surface area contributed by atoms with E-state index in [0.717, 1.165) is 0 Å². The van der Waals surface area contributed by atoms with E-state index >= 15 is 0 Å². The van der Waals surface area contributed by atoms with Crippen LogP contribution in [-0.2, 0) is 11.4 Å². The summed E-state index contributed by atoms with van der Waals surface area (Å²) in [4.78, 5) is 16.3. The minimum atomic E-state index is -0.365. The van der Waals surface area contributed by atoms with Crippen LogP contribution in [0.4, 0.5) is 10.1 Å². The molecule has 168 valence electrons. The first-order valence-corrected chi connectivity index (χ1v) is 10.8. The van der Waals surface area contributed by atoms with Gasteiger partial charge in [0.05, 0.1) is 17.8 Å². The molecule has 1 amide bonds. The van der Waals surface area contributed by atoms with E-state index in [4.69, 9.17) is 33.3 Å². The van der Waals surface area contributed by atoms with Crippen LogP contribution in [0.3, 0.4) is 0 Å². The Morgan fingerprint density at radius 2 is 1.79 bits per heavy atom. The minimum absolute atomic E-state index is 0.00921. The zero-order chi connectivity index (χ0) is 23.5. The number of hydrogen-bond acceptors (Lipinski definition) is 4. The number of halogens is 2. The van der Waals surface area contributed by atoms with Crippen molar-refractivity contribution in [2.24, 2.45) is 0 Å². The van der Waals surface area contributed by atoms with Crippen molar-refractivity contribution < 1.29 is 18.7 Å². The fraction of sp³-hybridized carbons (Fsp3) is 0.120. The van der Waals surface area contributed by atoms with Gasteiger partial charge in [0, 0.05) is 12.6 Å². The van der Waals surface area contributed by atoms with Crippen LogP contribution in [0.25, 0.3) is 6.08 Å². The highest BCUT2D eigenvalue weighted by Gasteiger charge is 2.36. The number of ether oxygens (including phenoxy) is 2. The highest BCUT2D eigenvalue weighted by molar-refractivity contribution is 7.80. The third kappa shape index (κ3) is 4.55. The first-order chi connectivity index (χ1) is 15.9. The molecule has 0 radical (unpaired) electrons. The second-order valence-electron chi connectivity index (χ2n) is 7.26. The highest BCUT2D eigenvalue weighted by atomic mass is 35.5. The number of para-hydroxylation sites is 1. The molecule has 8 heteroatoms. The van der Waals surface area contributed by atoms with E-state index in [-0.39, 0.29) is 29.1 Å². The fourth-order valence-corrected chi connectivity index (χ4v) is 4.01. The quantitative estimate of drug-likeness (QED) is 0.334. The molecule has 0 bridgehead atoms. The number of benzene rings is 3. The topological polar surface area (TPSA) is 42.0 Å². The molecule has 5 nitrogen and oxygen atoms in total. The summed E-state index contributed by atoms with van der Waals surface area (Å²) in [6, 6.07) is 18.9. The zero-order valence-electron chi connectivity index (χ0n) is 17.9. The third-order valence-electron chi connectivity index (χ3n) is 5.16. The summed E-state index contributed by atoms with van der Waals surface area (Å²) in [7, 11) is 3.22. The lowest BCUT2D eigenvalue weighted by molar-refractivity contribution is -0.114. The van der Waals surface area contributed by atoms with Crippen LogP contribution < -0.4 is 14.4 Å². The molecule has 1 fully saturated rings. The first-order valence-electron chi connectivity index (χ1n) is 10.0. The van der Waals surface area contributed by atoms with Gasteiger partial charge < -0.3 is 14.4 Å². The number of carbonyl (C=O) groups is 1. The number of anilines is 1. The molecule has 0 unspecified atom stereocenters. The summed E-state index contributed by atoms with van der Waals surface area (Å²) >= 11 is 12.0. The maximum atomic E-state index is 13.9. The van der Waals surface area contributed by atoms with Crippen molar-refractivity contribution in [1.82, 2.24) is 4.90 Å². The normalized spacial score (nSPS) is 14.8. The van der Waals surface area contributed by atoms with Crippen LogP contribution in [0.15, 0.2) is 72.4 Å². The van der Waals surface area contributed by atoms with Gasteiger partial charge in [-0.3, -0.25) is 9.69 Å². The molecular formula is C25H20ClFN2O3S. The molecule has 1 heterocycles.